The number of halogens is 5. The van der Waals surface area contributed by atoms with Gasteiger partial charge in [0.25, 0.3) is 5.92 Å². The summed E-state index contributed by atoms with van der Waals surface area (Å²) in [5.41, 5.74) is 0.427. The van der Waals surface area contributed by atoms with Gasteiger partial charge in [-0.2, -0.15) is 18.3 Å². The molecular weight excluding hydrogens is 347 g/mol. The van der Waals surface area contributed by atoms with Crippen LogP contribution in [0.2, 0.25) is 0 Å². The minimum absolute atomic E-state index is 0.0117. The number of hydrogen-bond donors (Lipinski definition) is 0. The molecule has 0 amide bonds. The topological polar surface area (TPSA) is 52.3 Å². The lowest BCUT2D eigenvalue weighted by molar-refractivity contribution is -0.154. The van der Waals surface area contributed by atoms with Gasteiger partial charge in [-0.05, 0) is 12.1 Å². The SMILES string of the molecule is CC(F)(F)c1cnn2ccc(-c3ccc(OCC(F)(F)F)nc3)nc12. The molecule has 0 N–H and O–H groups in total. The maximum absolute atomic E-state index is 13.6. The molecule has 132 valence electrons. The van der Waals surface area contributed by atoms with Crippen LogP contribution in [-0.2, 0) is 5.92 Å². The summed E-state index contributed by atoms with van der Waals surface area (Å²) in [5, 5.41) is 3.81. The first-order valence-electron chi connectivity index (χ1n) is 7.02. The fourth-order valence-electron chi connectivity index (χ4n) is 2.11. The standard InChI is InChI=1S/C15H11F5N4O/c1-14(16,17)10-7-22-24-5-4-11(23-13(10)24)9-2-3-12(21-6-9)25-8-15(18,19)20/h2-7H,8H2,1H3. The molecule has 3 rings (SSSR count). The van der Waals surface area contributed by atoms with Crippen molar-refractivity contribution in [2.75, 3.05) is 6.61 Å². The highest BCUT2D eigenvalue weighted by Crippen LogP contribution is 2.30. The van der Waals surface area contributed by atoms with Crippen LogP contribution in [0.25, 0.3) is 16.9 Å². The molecule has 0 atom stereocenters. The zero-order chi connectivity index (χ0) is 18.2. The van der Waals surface area contributed by atoms with E-state index in [0.29, 0.717) is 11.3 Å². The van der Waals surface area contributed by atoms with Crippen LogP contribution in [0.4, 0.5) is 22.0 Å². The van der Waals surface area contributed by atoms with Crippen molar-refractivity contribution in [3.05, 3.63) is 42.4 Å². The fourth-order valence-corrected chi connectivity index (χ4v) is 2.11. The normalized spacial score (nSPS) is 12.6. The lowest BCUT2D eigenvalue weighted by Crippen LogP contribution is -2.19. The Kier molecular flexibility index (Phi) is 4.05. The molecule has 5 nitrogen and oxygen atoms in total. The molecule has 3 aromatic heterocycles. The van der Waals surface area contributed by atoms with Gasteiger partial charge in [0.2, 0.25) is 5.88 Å². The van der Waals surface area contributed by atoms with Gasteiger partial charge in [0.05, 0.1) is 17.5 Å². The third kappa shape index (κ3) is 3.83. The summed E-state index contributed by atoms with van der Waals surface area (Å²) in [4.78, 5) is 7.91. The van der Waals surface area contributed by atoms with Crippen molar-refractivity contribution in [1.29, 1.82) is 0 Å². The summed E-state index contributed by atoms with van der Waals surface area (Å²) in [7, 11) is 0. The summed E-state index contributed by atoms with van der Waals surface area (Å²) in [6.45, 7) is -0.707. The first-order chi connectivity index (χ1) is 11.6. The Balaban J connectivity index is 1.89. The maximum Gasteiger partial charge on any atom is 0.422 e. The smallest absolute Gasteiger partial charge is 0.422 e. The molecule has 0 saturated carbocycles. The maximum atomic E-state index is 13.6. The van der Waals surface area contributed by atoms with E-state index in [-0.39, 0.29) is 17.1 Å². The van der Waals surface area contributed by atoms with E-state index in [4.69, 9.17) is 0 Å². The second kappa shape index (κ2) is 5.94. The van der Waals surface area contributed by atoms with Crippen LogP contribution in [0, 0.1) is 0 Å². The molecule has 0 aliphatic rings. The van der Waals surface area contributed by atoms with Gasteiger partial charge in [-0.25, -0.2) is 23.3 Å². The van der Waals surface area contributed by atoms with E-state index in [9.17, 15) is 22.0 Å². The average molecular weight is 358 g/mol. The van der Waals surface area contributed by atoms with Crippen LogP contribution >= 0.6 is 0 Å². The van der Waals surface area contributed by atoms with Crippen LogP contribution < -0.4 is 4.74 Å². The van der Waals surface area contributed by atoms with E-state index in [0.717, 1.165) is 13.1 Å². The molecule has 0 aliphatic heterocycles. The van der Waals surface area contributed by atoms with E-state index in [2.05, 4.69) is 19.8 Å². The van der Waals surface area contributed by atoms with Gasteiger partial charge in [0.1, 0.15) is 0 Å². The largest absolute Gasteiger partial charge is 0.468 e. The molecule has 0 spiro atoms. The lowest BCUT2D eigenvalue weighted by Gasteiger charge is -2.09. The minimum atomic E-state index is -4.46. The third-order valence-electron chi connectivity index (χ3n) is 3.26. The predicted octanol–water partition coefficient (Wildman–Crippen LogP) is 3.84. The zero-order valence-corrected chi connectivity index (χ0v) is 12.8. The number of rotatable bonds is 4. The second-order valence-corrected chi connectivity index (χ2v) is 5.32. The Morgan fingerprint density at radius 3 is 2.44 bits per heavy atom. The highest BCUT2D eigenvalue weighted by atomic mass is 19.4. The molecule has 0 bridgehead atoms. The summed E-state index contributed by atoms with van der Waals surface area (Å²) < 4.78 is 69.2. The molecule has 0 aromatic carbocycles. The third-order valence-corrected chi connectivity index (χ3v) is 3.26. The van der Waals surface area contributed by atoms with Crippen molar-refractivity contribution in [2.45, 2.75) is 19.0 Å². The first kappa shape index (κ1) is 17.1. The van der Waals surface area contributed by atoms with Crippen molar-refractivity contribution in [3.63, 3.8) is 0 Å². The molecule has 0 unspecified atom stereocenters. The summed E-state index contributed by atoms with van der Waals surface area (Å²) in [5.74, 6) is -3.31. The summed E-state index contributed by atoms with van der Waals surface area (Å²) in [6.07, 6.45) is -0.708. The Morgan fingerprint density at radius 1 is 1.08 bits per heavy atom. The van der Waals surface area contributed by atoms with Gasteiger partial charge in [-0.1, -0.05) is 0 Å². The van der Waals surface area contributed by atoms with Crippen LogP contribution in [0.15, 0.2) is 36.8 Å². The van der Waals surface area contributed by atoms with Crippen molar-refractivity contribution in [1.82, 2.24) is 19.6 Å². The van der Waals surface area contributed by atoms with E-state index in [1.54, 1.807) is 0 Å². The Morgan fingerprint density at radius 2 is 1.84 bits per heavy atom. The van der Waals surface area contributed by atoms with Crippen LogP contribution in [0.1, 0.15) is 12.5 Å². The van der Waals surface area contributed by atoms with Crippen LogP contribution in [-0.4, -0.2) is 32.4 Å². The molecule has 0 saturated heterocycles. The van der Waals surface area contributed by atoms with E-state index in [1.807, 2.05) is 0 Å². The van der Waals surface area contributed by atoms with E-state index < -0.39 is 18.7 Å². The zero-order valence-electron chi connectivity index (χ0n) is 12.8. The van der Waals surface area contributed by atoms with Crippen molar-refractivity contribution < 1.29 is 26.7 Å². The van der Waals surface area contributed by atoms with Gasteiger partial charge < -0.3 is 4.74 Å². The van der Waals surface area contributed by atoms with E-state index in [1.165, 1.54) is 35.1 Å². The Labute approximate surface area is 138 Å². The number of hydrogen-bond acceptors (Lipinski definition) is 4. The number of ether oxygens (including phenoxy) is 1. The quantitative estimate of drug-likeness (QED) is 0.665. The van der Waals surface area contributed by atoms with Crippen molar-refractivity contribution in [3.8, 4) is 17.1 Å². The molecule has 3 aromatic rings. The van der Waals surface area contributed by atoms with Gasteiger partial charge in [0.15, 0.2) is 12.3 Å². The molecule has 10 heteroatoms. The molecule has 0 radical (unpaired) electrons. The average Bonchev–Trinajstić information content (AvgIpc) is 2.96. The molecule has 25 heavy (non-hydrogen) atoms. The molecule has 0 fully saturated rings. The molecular formula is C15H11F5N4O. The summed E-state index contributed by atoms with van der Waals surface area (Å²) in [6, 6.07) is 4.22. The van der Waals surface area contributed by atoms with Gasteiger partial charge in [-0.15, -0.1) is 0 Å². The van der Waals surface area contributed by atoms with Gasteiger partial charge in [-0.3, -0.25) is 0 Å². The van der Waals surface area contributed by atoms with Crippen molar-refractivity contribution >= 4 is 5.65 Å². The summed E-state index contributed by atoms with van der Waals surface area (Å²) >= 11 is 0. The minimum Gasteiger partial charge on any atom is -0.468 e. The molecule has 3 heterocycles. The number of fused-ring (bicyclic) bond motifs is 1. The highest BCUT2D eigenvalue weighted by molar-refractivity contribution is 5.62. The molecule has 0 aliphatic carbocycles. The van der Waals surface area contributed by atoms with E-state index >= 15 is 0 Å². The first-order valence-corrected chi connectivity index (χ1v) is 7.02. The Bertz CT molecular complexity index is 884. The fraction of sp³-hybridized carbons (Fsp3) is 0.267. The number of pyridine rings is 1. The van der Waals surface area contributed by atoms with Crippen molar-refractivity contribution in [2.24, 2.45) is 0 Å². The highest BCUT2D eigenvalue weighted by Gasteiger charge is 2.30. The number of nitrogens with zero attached hydrogens (tertiary/aromatic N) is 4. The number of aromatic nitrogens is 4. The number of alkyl halides is 5. The predicted molar refractivity (Wildman–Crippen MR) is 77.3 cm³/mol. The van der Waals surface area contributed by atoms with Crippen LogP contribution in [0.3, 0.4) is 0 Å². The monoisotopic (exact) mass is 358 g/mol. The van der Waals surface area contributed by atoms with Gasteiger partial charge >= 0.3 is 6.18 Å². The van der Waals surface area contributed by atoms with Gasteiger partial charge in [0, 0.05) is 30.9 Å². The lowest BCUT2D eigenvalue weighted by atomic mass is 10.2. The van der Waals surface area contributed by atoms with Crippen LogP contribution in [0.5, 0.6) is 5.88 Å². The second-order valence-electron chi connectivity index (χ2n) is 5.32. The Hall–Kier alpha value is -2.78.